The summed E-state index contributed by atoms with van der Waals surface area (Å²) in [6, 6.07) is 0. The molecule has 3 nitrogen and oxygen atoms in total. The number of halogens is 1. The Morgan fingerprint density at radius 1 is 1.62 bits per heavy atom. The molecule has 90 valence electrons. The highest BCUT2D eigenvalue weighted by atomic mass is 35.5. The van der Waals surface area contributed by atoms with Gasteiger partial charge in [0, 0.05) is 0 Å². The SMILES string of the molecule is CCOC(=O)C1(Cl)CC=C(C)CC1C(C)=O. The van der Waals surface area contributed by atoms with Crippen LogP contribution in [0, 0.1) is 5.92 Å². The molecule has 0 heterocycles. The van der Waals surface area contributed by atoms with Gasteiger partial charge >= 0.3 is 5.97 Å². The van der Waals surface area contributed by atoms with Crippen molar-refractivity contribution in [1.29, 1.82) is 0 Å². The summed E-state index contributed by atoms with van der Waals surface area (Å²) >= 11 is 6.29. The number of hydrogen-bond donors (Lipinski definition) is 0. The Morgan fingerprint density at radius 2 is 2.25 bits per heavy atom. The van der Waals surface area contributed by atoms with E-state index in [1.807, 2.05) is 13.0 Å². The number of carbonyl (C=O) groups is 2. The van der Waals surface area contributed by atoms with E-state index in [0.717, 1.165) is 5.57 Å². The summed E-state index contributed by atoms with van der Waals surface area (Å²) < 4.78 is 4.95. The molecule has 4 heteroatoms. The summed E-state index contributed by atoms with van der Waals surface area (Å²) in [4.78, 5) is 22.1. The normalized spacial score (nSPS) is 29.5. The molecule has 0 amide bonds. The maximum Gasteiger partial charge on any atom is 0.328 e. The number of ether oxygens (including phenoxy) is 1. The predicted octanol–water partition coefficient (Wildman–Crippen LogP) is 2.47. The van der Waals surface area contributed by atoms with Crippen LogP contribution in [0.4, 0.5) is 0 Å². The van der Waals surface area contributed by atoms with Gasteiger partial charge in [0.05, 0.1) is 12.5 Å². The lowest BCUT2D eigenvalue weighted by Gasteiger charge is -2.34. The van der Waals surface area contributed by atoms with E-state index >= 15 is 0 Å². The van der Waals surface area contributed by atoms with E-state index in [1.54, 1.807) is 6.92 Å². The summed E-state index contributed by atoms with van der Waals surface area (Å²) in [5.41, 5.74) is 1.10. The molecule has 0 saturated carbocycles. The Bertz CT molecular complexity index is 335. The lowest BCUT2D eigenvalue weighted by atomic mass is 9.77. The van der Waals surface area contributed by atoms with E-state index in [0.29, 0.717) is 12.8 Å². The second-order valence-corrected chi connectivity index (χ2v) is 4.88. The highest BCUT2D eigenvalue weighted by molar-refractivity contribution is 6.35. The Labute approximate surface area is 101 Å². The number of ketones is 1. The largest absolute Gasteiger partial charge is 0.465 e. The van der Waals surface area contributed by atoms with Crippen molar-refractivity contribution in [3.63, 3.8) is 0 Å². The maximum atomic E-state index is 11.8. The summed E-state index contributed by atoms with van der Waals surface area (Å²) in [6.45, 7) is 5.42. The molecule has 1 aliphatic rings. The van der Waals surface area contributed by atoms with Crippen LogP contribution in [-0.4, -0.2) is 23.2 Å². The fourth-order valence-corrected chi connectivity index (χ4v) is 2.34. The predicted molar refractivity (Wildman–Crippen MR) is 62.4 cm³/mol. The van der Waals surface area contributed by atoms with E-state index in [9.17, 15) is 9.59 Å². The molecule has 0 aromatic carbocycles. The molecule has 0 saturated heterocycles. The average molecular weight is 245 g/mol. The average Bonchev–Trinajstić information content (AvgIpc) is 2.22. The van der Waals surface area contributed by atoms with Crippen LogP contribution in [-0.2, 0) is 14.3 Å². The van der Waals surface area contributed by atoms with Gasteiger partial charge in [0.25, 0.3) is 0 Å². The zero-order valence-corrected chi connectivity index (χ0v) is 10.6. The molecule has 0 aromatic heterocycles. The fourth-order valence-electron chi connectivity index (χ4n) is 1.97. The first-order valence-electron chi connectivity index (χ1n) is 5.44. The lowest BCUT2D eigenvalue weighted by Crippen LogP contribution is -2.46. The topological polar surface area (TPSA) is 43.4 Å². The molecule has 1 aliphatic carbocycles. The summed E-state index contributed by atoms with van der Waals surface area (Å²) in [7, 11) is 0. The fraction of sp³-hybridized carbons (Fsp3) is 0.667. The van der Waals surface area contributed by atoms with Gasteiger partial charge in [-0.2, -0.15) is 0 Å². The summed E-state index contributed by atoms with van der Waals surface area (Å²) in [5.74, 6) is -1.02. The smallest absolute Gasteiger partial charge is 0.328 e. The van der Waals surface area contributed by atoms with Gasteiger partial charge in [-0.05, 0) is 33.6 Å². The van der Waals surface area contributed by atoms with Gasteiger partial charge < -0.3 is 4.74 Å². The van der Waals surface area contributed by atoms with E-state index in [4.69, 9.17) is 16.3 Å². The molecule has 0 N–H and O–H groups in total. The van der Waals surface area contributed by atoms with Gasteiger partial charge in [-0.25, -0.2) is 0 Å². The van der Waals surface area contributed by atoms with Gasteiger partial charge in [-0.1, -0.05) is 11.6 Å². The minimum Gasteiger partial charge on any atom is -0.465 e. The van der Waals surface area contributed by atoms with Crippen LogP contribution in [0.5, 0.6) is 0 Å². The van der Waals surface area contributed by atoms with Crippen LogP contribution in [0.25, 0.3) is 0 Å². The molecule has 0 spiro atoms. The molecule has 0 fully saturated rings. The first-order chi connectivity index (χ1) is 7.41. The number of Topliss-reactive ketones (excluding diaryl/α,β-unsaturated/α-hetero) is 1. The van der Waals surface area contributed by atoms with Crippen LogP contribution in [0.3, 0.4) is 0 Å². The molecular formula is C12H17ClO3. The van der Waals surface area contributed by atoms with E-state index < -0.39 is 16.8 Å². The minimum absolute atomic E-state index is 0.0597. The summed E-state index contributed by atoms with van der Waals surface area (Å²) in [5, 5.41) is 0. The number of alkyl halides is 1. The highest BCUT2D eigenvalue weighted by Gasteiger charge is 2.48. The quantitative estimate of drug-likeness (QED) is 0.435. The minimum atomic E-state index is -1.21. The zero-order valence-electron chi connectivity index (χ0n) is 9.88. The molecule has 2 unspecified atom stereocenters. The number of rotatable bonds is 3. The number of esters is 1. The molecule has 0 bridgehead atoms. The van der Waals surface area contributed by atoms with Gasteiger partial charge in [0.2, 0.25) is 0 Å². The van der Waals surface area contributed by atoms with Gasteiger partial charge in [-0.3, -0.25) is 9.59 Å². The van der Waals surface area contributed by atoms with Crippen molar-refractivity contribution in [3.8, 4) is 0 Å². The zero-order chi connectivity index (χ0) is 12.3. The molecule has 1 rings (SSSR count). The Balaban J connectivity index is 2.99. The third-order valence-electron chi connectivity index (χ3n) is 2.93. The maximum absolute atomic E-state index is 11.8. The lowest BCUT2D eigenvalue weighted by molar-refractivity contribution is -0.150. The number of hydrogen-bond acceptors (Lipinski definition) is 3. The molecule has 0 aromatic rings. The summed E-state index contributed by atoms with van der Waals surface area (Å²) in [6.07, 6.45) is 2.81. The van der Waals surface area contributed by atoms with Crippen molar-refractivity contribution < 1.29 is 14.3 Å². The second-order valence-electron chi connectivity index (χ2n) is 4.20. The first kappa shape index (κ1) is 13.2. The van der Waals surface area contributed by atoms with Crippen molar-refractivity contribution in [3.05, 3.63) is 11.6 Å². The Hall–Kier alpha value is -0.830. The molecular weight excluding hydrogens is 228 g/mol. The molecule has 2 atom stereocenters. The third-order valence-corrected chi connectivity index (χ3v) is 3.50. The molecule has 16 heavy (non-hydrogen) atoms. The van der Waals surface area contributed by atoms with Gasteiger partial charge in [-0.15, -0.1) is 11.6 Å². The van der Waals surface area contributed by atoms with Gasteiger partial charge in [0.15, 0.2) is 4.87 Å². The van der Waals surface area contributed by atoms with Crippen molar-refractivity contribution in [2.45, 2.75) is 38.5 Å². The highest BCUT2D eigenvalue weighted by Crippen LogP contribution is 2.40. The van der Waals surface area contributed by atoms with Crippen molar-refractivity contribution >= 4 is 23.4 Å². The van der Waals surface area contributed by atoms with Crippen LogP contribution >= 0.6 is 11.6 Å². The Kier molecular flexibility index (Phi) is 4.14. The van der Waals surface area contributed by atoms with E-state index in [1.165, 1.54) is 6.92 Å². The standard InChI is InChI=1S/C12H17ClO3/c1-4-16-11(15)12(13)6-5-8(2)7-10(12)9(3)14/h5,10H,4,6-7H2,1-3H3. The van der Waals surface area contributed by atoms with E-state index in [2.05, 4.69) is 0 Å². The number of carbonyl (C=O) groups excluding carboxylic acids is 2. The first-order valence-corrected chi connectivity index (χ1v) is 5.81. The van der Waals surface area contributed by atoms with Crippen molar-refractivity contribution in [2.24, 2.45) is 5.92 Å². The van der Waals surface area contributed by atoms with Crippen LogP contribution in [0.1, 0.15) is 33.6 Å². The van der Waals surface area contributed by atoms with E-state index in [-0.39, 0.29) is 12.4 Å². The van der Waals surface area contributed by atoms with Crippen LogP contribution in [0.15, 0.2) is 11.6 Å². The molecule has 0 aliphatic heterocycles. The second kappa shape index (κ2) is 5.00. The Morgan fingerprint density at radius 3 is 2.75 bits per heavy atom. The molecule has 0 radical (unpaired) electrons. The van der Waals surface area contributed by atoms with Gasteiger partial charge in [0.1, 0.15) is 5.78 Å². The third kappa shape index (κ3) is 2.46. The monoisotopic (exact) mass is 244 g/mol. The number of allylic oxidation sites excluding steroid dienone is 2. The van der Waals surface area contributed by atoms with Crippen molar-refractivity contribution in [2.75, 3.05) is 6.61 Å². The van der Waals surface area contributed by atoms with Crippen LogP contribution < -0.4 is 0 Å². The van der Waals surface area contributed by atoms with Crippen LogP contribution in [0.2, 0.25) is 0 Å². The van der Waals surface area contributed by atoms with Crippen molar-refractivity contribution in [1.82, 2.24) is 0 Å².